The Morgan fingerprint density at radius 2 is 1.50 bits per heavy atom. The summed E-state index contributed by atoms with van der Waals surface area (Å²) in [7, 11) is 0. The molecule has 126 valence electrons. The maximum atomic E-state index is 12.8. The molecule has 0 aliphatic rings. The van der Waals surface area contributed by atoms with Crippen molar-refractivity contribution in [3.63, 3.8) is 0 Å². The van der Waals surface area contributed by atoms with Crippen LogP contribution in [0.25, 0.3) is 0 Å². The van der Waals surface area contributed by atoms with Gasteiger partial charge in [-0.05, 0) is 42.5 Å². The second kappa shape index (κ2) is 6.88. The Morgan fingerprint density at radius 3 is 2.08 bits per heavy atom. The highest BCUT2D eigenvalue weighted by Gasteiger charge is 2.31. The van der Waals surface area contributed by atoms with Gasteiger partial charge in [0, 0.05) is 5.69 Å². The van der Waals surface area contributed by atoms with E-state index in [0.717, 1.165) is 24.3 Å². The van der Waals surface area contributed by atoms with Crippen molar-refractivity contribution >= 4 is 34.8 Å². The van der Waals surface area contributed by atoms with E-state index in [0.29, 0.717) is 6.07 Å². The summed E-state index contributed by atoms with van der Waals surface area (Å²) < 4.78 is 50.7. The van der Waals surface area contributed by atoms with E-state index in [4.69, 9.17) is 11.6 Å². The molecule has 0 aliphatic carbocycles. The molecule has 2 N–H and O–H groups in total. The molecule has 0 aliphatic heterocycles. The number of rotatable bonds is 2. The summed E-state index contributed by atoms with van der Waals surface area (Å²) in [5.41, 5.74) is -1.24. The van der Waals surface area contributed by atoms with Crippen molar-refractivity contribution < 1.29 is 27.2 Å². The number of hydrogen-bond acceptors (Lipinski definition) is 2. The van der Waals surface area contributed by atoms with Crippen molar-refractivity contribution in [2.75, 3.05) is 10.6 Å². The lowest BCUT2D eigenvalue weighted by atomic mass is 10.2. The van der Waals surface area contributed by atoms with Crippen LogP contribution in [0.3, 0.4) is 0 Å². The maximum Gasteiger partial charge on any atom is 0.416 e. The van der Waals surface area contributed by atoms with Crippen LogP contribution in [0.4, 0.5) is 28.9 Å². The van der Waals surface area contributed by atoms with E-state index in [9.17, 15) is 27.2 Å². The van der Waals surface area contributed by atoms with Crippen LogP contribution in [0.5, 0.6) is 0 Å². The number of halogens is 5. The quantitative estimate of drug-likeness (QED) is 0.626. The monoisotopic (exact) mass is 360 g/mol. The molecule has 0 aromatic heterocycles. The number of amides is 2. The smallest absolute Gasteiger partial charge is 0.318 e. The number of benzene rings is 2. The Morgan fingerprint density at radius 1 is 0.917 bits per heavy atom. The SMILES string of the molecule is O=C(Nc1ccc(F)cc1)C(=O)Nc1cc(C(F)(F)F)ccc1Cl. The third-order valence-electron chi connectivity index (χ3n) is 2.85. The van der Waals surface area contributed by atoms with Crippen molar-refractivity contribution in [3.8, 4) is 0 Å². The van der Waals surface area contributed by atoms with Crippen LogP contribution in [-0.4, -0.2) is 11.8 Å². The molecule has 2 rings (SSSR count). The van der Waals surface area contributed by atoms with Crippen LogP contribution < -0.4 is 10.6 Å². The van der Waals surface area contributed by atoms with Gasteiger partial charge in [-0.3, -0.25) is 9.59 Å². The highest BCUT2D eigenvalue weighted by atomic mass is 35.5. The lowest BCUT2D eigenvalue weighted by Gasteiger charge is -2.11. The molecule has 0 unspecified atom stereocenters. The molecular formula is C15H9ClF4N2O2. The number of alkyl halides is 3. The summed E-state index contributed by atoms with van der Waals surface area (Å²) in [5.74, 6) is -2.90. The van der Waals surface area contributed by atoms with Gasteiger partial charge in [0.15, 0.2) is 0 Å². The Hall–Kier alpha value is -2.61. The van der Waals surface area contributed by atoms with E-state index in [1.807, 2.05) is 5.32 Å². The first-order chi connectivity index (χ1) is 11.2. The minimum Gasteiger partial charge on any atom is -0.318 e. The average Bonchev–Trinajstić information content (AvgIpc) is 2.50. The van der Waals surface area contributed by atoms with Crippen molar-refractivity contribution in [3.05, 3.63) is 58.9 Å². The highest BCUT2D eigenvalue weighted by molar-refractivity contribution is 6.44. The van der Waals surface area contributed by atoms with Crippen molar-refractivity contribution in [1.29, 1.82) is 0 Å². The third kappa shape index (κ3) is 4.45. The van der Waals surface area contributed by atoms with E-state index < -0.39 is 29.4 Å². The molecule has 0 atom stereocenters. The van der Waals surface area contributed by atoms with Crippen LogP contribution in [0.1, 0.15) is 5.56 Å². The van der Waals surface area contributed by atoms with E-state index in [1.54, 1.807) is 0 Å². The largest absolute Gasteiger partial charge is 0.416 e. The van der Waals surface area contributed by atoms with Gasteiger partial charge in [0.25, 0.3) is 0 Å². The zero-order chi connectivity index (χ0) is 17.9. The molecule has 0 bridgehead atoms. The molecule has 24 heavy (non-hydrogen) atoms. The van der Waals surface area contributed by atoms with E-state index in [2.05, 4.69) is 5.32 Å². The van der Waals surface area contributed by atoms with Gasteiger partial charge >= 0.3 is 18.0 Å². The first kappa shape index (κ1) is 17.7. The van der Waals surface area contributed by atoms with Gasteiger partial charge in [0.2, 0.25) is 0 Å². The fraction of sp³-hybridized carbons (Fsp3) is 0.0667. The summed E-state index contributed by atoms with van der Waals surface area (Å²) in [4.78, 5) is 23.5. The lowest BCUT2D eigenvalue weighted by molar-refractivity contribution is -0.137. The van der Waals surface area contributed by atoms with Gasteiger partial charge in [-0.25, -0.2) is 4.39 Å². The predicted octanol–water partition coefficient (Wildman–Crippen LogP) is 4.08. The molecule has 0 saturated heterocycles. The summed E-state index contributed by atoms with van der Waals surface area (Å²) >= 11 is 5.72. The Bertz CT molecular complexity index is 776. The molecule has 0 radical (unpaired) electrons. The molecule has 0 saturated carbocycles. The zero-order valence-corrected chi connectivity index (χ0v) is 12.5. The number of carbonyl (C=O) groups is 2. The molecule has 4 nitrogen and oxygen atoms in total. The topological polar surface area (TPSA) is 58.2 Å². The number of hydrogen-bond donors (Lipinski definition) is 2. The summed E-state index contributed by atoms with van der Waals surface area (Å²) in [6.45, 7) is 0. The minimum absolute atomic E-state index is 0.145. The second-order valence-corrected chi connectivity index (χ2v) is 5.01. The summed E-state index contributed by atoms with van der Waals surface area (Å²) in [6, 6.07) is 6.89. The van der Waals surface area contributed by atoms with E-state index in [1.165, 1.54) is 12.1 Å². The van der Waals surface area contributed by atoms with Gasteiger partial charge < -0.3 is 10.6 Å². The van der Waals surface area contributed by atoms with E-state index >= 15 is 0 Å². The maximum absolute atomic E-state index is 12.8. The molecule has 2 amide bonds. The highest BCUT2D eigenvalue weighted by Crippen LogP contribution is 2.33. The number of anilines is 2. The summed E-state index contributed by atoms with van der Waals surface area (Å²) in [5, 5.41) is 4.01. The van der Waals surface area contributed by atoms with Crippen molar-refractivity contribution in [2.24, 2.45) is 0 Å². The Labute approximate surface area is 138 Å². The number of carbonyl (C=O) groups excluding carboxylic acids is 2. The van der Waals surface area contributed by atoms with Gasteiger partial charge in [-0.1, -0.05) is 11.6 Å². The van der Waals surface area contributed by atoms with Crippen LogP contribution in [0.2, 0.25) is 5.02 Å². The zero-order valence-electron chi connectivity index (χ0n) is 11.7. The van der Waals surface area contributed by atoms with Crippen molar-refractivity contribution in [1.82, 2.24) is 0 Å². The van der Waals surface area contributed by atoms with Gasteiger partial charge in [-0.2, -0.15) is 13.2 Å². The first-order valence-electron chi connectivity index (χ1n) is 6.41. The minimum atomic E-state index is -4.62. The van der Waals surface area contributed by atoms with E-state index in [-0.39, 0.29) is 16.4 Å². The van der Waals surface area contributed by atoms with Gasteiger partial charge in [-0.15, -0.1) is 0 Å². The van der Waals surface area contributed by atoms with Gasteiger partial charge in [0.1, 0.15) is 5.82 Å². The second-order valence-electron chi connectivity index (χ2n) is 4.61. The lowest BCUT2D eigenvalue weighted by Crippen LogP contribution is -2.29. The number of nitrogens with one attached hydrogen (secondary N) is 2. The predicted molar refractivity (Wildman–Crippen MR) is 80.1 cm³/mol. The fourth-order valence-corrected chi connectivity index (χ4v) is 1.86. The molecular weight excluding hydrogens is 352 g/mol. The standard InChI is InChI=1S/C15H9ClF4N2O2/c16-11-6-1-8(15(18,19)20)7-12(11)22-14(24)13(23)21-10-4-2-9(17)3-5-10/h1-7H,(H,21,23)(H,22,24). The molecule has 2 aromatic carbocycles. The Balaban J connectivity index is 2.11. The van der Waals surface area contributed by atoms with Crippen molar-refractivity contribution in [2.45, 2.75) is 6.18 Å². The fourth-order valence-electron chi connectivity index (χ4n) is 1.70. The molecule has 2 aromatic rings. The molecule has 0 spiro atoms. The first-order valence-corrected chi connectivity index (χ1v) is 6.79. The Kier molecular flexibility index (Phi) is 5.08. The van der Waals surface area contributed by atoms with Crippen LogP contribution in [0, 0.1) is 5.82 Å². The summed E-state index contributed by atoms with van der Waals surface area (Å²) in [6.07, 6.45) is -4.62. The van der Waals surface area contributed by atoms with Crippen LogP contribution in [-0.2, 0) is 15.8 Å². The normalized spacial score (nSPS) is 11.0. The third-order valence-corrected chi connectivity index (χ3v) is 3.18. The van der Waals surface area contributed by atoms with Crippen LogP contribution >= 0.6 is 11.6 Å². The molecule has 9 heteroatoms. The average molecular weight is 361 g/mol. The molecule has 0 heterocycles. The van der Waals surface area contributed by atoms with Gasteiger partial charge in [0.05, 0.1) is 16.3 Å². The molecule has 0 fully saturated rings. The van der Waals surface area contributed by atoms with Crippen LogP contribution in [0.15, 0.2) is 42.5 Å².